The fourth-order valence-corrected chi connectivity index (χ4v) is 1.21. The van der Waals surface area contributed by atoms with Crippen LogP contribution in [0.15, 0.2) is 0 Å². The summed E-state index contributed by atoms with van der Waals surface area (Å²) < 4.78 is 4.51. The van der Waals surface area contributed by atoms with Gasteiger partial charge in [0.2, 0.25) is 5.91 Å². The largest absolute Gasteiger partial charge is 0.469 e. The quantitative estimate of drug-likeness (QED) is 0.670. The number of carbonyl (C=O) groups is 2. The molecule has 0 saturated carbocycles. The molecule has 0 heterocycles. The molecule has 0 aromatic rings. The Morgan fingerprint density at radius 1 is 1.38 bits per heavy atom. The van der Waals surface area contributed by atoms with Crippen LogP contribution in [-0.2, 0) is 14.3 Å². The number of methoxy groups -OCH3 is 1. The lowest BCUT2D eigenvalue weighted by molar-refractivity contribution is -0.141. The average Bonchev–Trinajstić information content (AvgIpc) is 2.26. The van der Waals surface area contributed by atoms with Crippen molar-refractivity contribution in [3.05, 3.63) is 0 Å². The summed E-state index contributed by atoms with van der Waals surface area (Å²) in [5.41, 5.74) is 5.74. The van der Waals surface area contributed by atoms with Crippen LogP contribution in [-0.4, -0.2) is 43.5 Å². The maximum absolute atomic E-state index is 11.7. The Kier molecular flexibility index (Phi) is 6.72. The fraction of sp³-hybridized carbons (Fsp3) is 0.818. The number of nitrogens with zero attached hydrogens (tertiary/aromatic N) is 1. The van der Waals surface area contributed by atoms with Gasteiger partial charge in [-0.3, -0.25) is 9.59 Å². The van der Waals surface area contributed by atoms with Gasteiger partial charge in [-0.1, -0.05) is 13.8 Å². The molecule has 0 radical (unpaired) electrons. The van der Waals surface area contributed by atoms with Gasteiger partial charge in [0.1, 0.15) is 0 Å². The summed E-state index contributed by atoms with van der Waals surface area (Å²) in [6.07, 6.45) is 0.921. The minimum Gasteiger partial charge on any atom is -0.469 e. The molecule has 0 saturated heterocycles. The highest BCUT2D eigenvalue weighted by Crippen LogP contribution is 2.03. The average molecular weight is 230 g/mol. The van der Waals surface area contributed by atoms with E-state index < -0.39 is 6.04 Å². The third kappa shape index (κ3) is 5.11. The van der Waals surface area contributed by atoms with E-state index in [2.05, 4.69) is 4.74 Å². The Hall–Kier alpha value is -1.10. The van der Waals surface area contributed by atoms with Gasteiger partial charge in [0.15, 0.2) is 0 Å². The molecule has 2 N–H and O–H groups in total. The first-order valence-corrected chi connectivity index (χ1v) is 5.47. The summed E-state index contributed by atoms with van der Waals surface area (Å²) >= 11 is 0. The number of amides is 1. The van der Waals surface area contributed by atoms with Gasteiger partial charge in [0, 0.05) is 20.0 Å². The molecule has 0 aromatic heterocycles. The summed E-state index contributed by atoms with van der Waals surface area (Å²) in [5.74, 6) is -0.218. The van der Waals surface area contributed by atoms with Crippen molar-refractivity contribution in [1.82, 2.24) is 4.90 Å². The van der Waals surface area contributed by atoms with Crippen LogP contribution < -0.4 is 5.73 Å². The van der Waals surface area contributed by atoms with E-state index in [1.807, 2.05) is 13.8 Å². The number of nitrogens with two attached hydrogens (primary N) is 1. The first-order chi connectivity index (χ1) is 7.40. The van der Waals surface area contributed by atoms with Crippen molar-refractivity contribution in [2.24, 2.45) is 11.7 Å². The number of hydrogen-bond acceptors (Lipinski definition) is 4. The minimum absolute atomic E-state index is 0.0835. The van der Waals surface area contributed by atoms with Gasteiger partial charge < -0.3 is 15.4 Å². The summed E-state index contributed by atoms with van der Waals surface area (Å²) in [5, 5.41) is 0. The van der Waals surface area contributed by atoms with Crippen molar-refractivity contribution >= 4 is 11.9 Å². The molecule has 0 fully saturated rings. The van der Waals surface area contributed by atoms with Crippen LogP contribution in [0, 0.1) is 5.92 Å². The number of likely N-dealkylation sites (N-methyl/N-ethyl adjacent to an activating group) is 1. The zero-order valence-corrected chi connectivity index (χ0v) is 10.5. The SMILES string of the molecule is COC(=O)CCCN(C)C(=O)[C@H](N)C(C)C. The second-order valence-electron chi connectivity index (χ2n) is 4.21. The highest BCUT2D eigenvalue weighted by atomic mass is 16.5. The molecular formula is C11H22N2O3. The Bertz CT molecular complexity index is 241. The number of carbonyl (C=O) groups excluding carboxylic acids is 2. The van der Waals surface area contributed by atoms with E-state index in [1.165, 1.54) is 7.11 Å². The van der Waals surface area contributed by atoms with Crippen molar-refractivity contribution in [2.75, 3.05) is 20.7 Å². The van der Waals surface area contributed by atoms with Crippen LogP contribution in [0.5, 0.6) is 0 Å². The Morgan fingerprint density at radius 2 is 1.94 bits per heavy atom. The smallest absolute Gasteiger partial charge is 0.305 e. The van der Waals surface area contributed by atoms with Gasteiger partial charge in [0.05, 0.1) is 13.2 Å². The topological polar surface area (TPSA) is 72.6 Å². The van der Waals surface area contributed by atoms with Crippen molar-refractivity contribution < 1.29 is 14.3 Å². The molecular weight excluding hydrogens is 208 g/mol. The van der Waals surface area contributed by atoms with Gasteiger partial charge in [-0.05, 0) is 12.3 Å². The van der Waals surface area contributed by atoms with E-state index in [-0.39, 0.29) is 17.8 Å². The summed E-state index contributed by atoms with van der Waals surface area (Å²) in [6.45, 7) is 4.34. The standard InChI is InChI=1S/C11H22N2O3/c1-8(2)10(12)11(15)13(3)7-5-6-9(14)16-4/h8,10H,5-7,12H2,1-4H3/t10-/m1/s1. The lowest BCUT2D eigenvalue weighted by Crippen LogP contribution is -2.45. The van der Waals surface area contributed by atoms with E-state index in [9.17, 15) is 9.59 Å². The second kappa shape index (κ2) is 7.22. The Morgan fingerprint density at radius 3 is 2.38 bits per heavy atom. The lowest BCUT2D eigenvalue weighted by Gasteiger charge is -2.23. The Balaban J connectivity index is 3.93. The highest BCUT2D eigenvalue weighted by molar-refractivity contribution is 5.81. The van der Waals surface area contributed by atoms with Crippen molar-refractivity contribution in [3.8, 4) is 0 Å². The number of esters is 1. The van der Waals surface area contributed by atoms with E-state index in [0.29, 0.717) is 19.4 Å². The van der Waals surface area contributed by atoms with Gasteiger partial charge in [-0.2, -0.15) is 0 Å². The third-order valence-electron chi connectivity index (χ3n) is 2.48. The molecule has 0 bridgehead atoms. The van der Waals surface area contributed by atoms with Crippen LogP contribution in [0.1, 0.15) is 26.7 Å². The molecule has 0 aliphatic rings. The van der Waals surface area contributed by atoms with Crippen LogP contribution in [0.2, 0.25) is 0 Å². The van der Waals surface area contributed by atoms with E-state index in [4.69, 9.17) is 5.73 Å². The Labute approximate surface area is 96.9 Å². The third-order valence-corrected chi connectivity index (χ3v) is 2.48. The summed E-state index contributed by atoms with van der Waals surface area (Å²) in [7, 11) is 3.05. The van der Waals surface area contributed by atoms with E-state index in [1.54, 1.807) is 11.9 Å². The zero-order chi connectivity index (χ0) is 12.7. The predicted octanol–water partition coefficient (Wildman–Crippen LogP) is 0.381. The van der Waals surface area contributed by atoms with E-state index >= 15 is 0 Å². The van der Waals surface area contributed by atoms with Gasteiger partial charge >= 0.3 is 5.97 Å². The van der Waals surface area contributed by atoms with Gasteiger partial charge in [0.25, 0.3) is 0 Å². The first kappa shape index (κ1) is 14.9. The molecule has 0 aliphatic heterocycles. The highest BCUT2D eigenvalue weighted by Gasteiger charge is 2.20. The monoisotopic (exact) mass is 230 g/mol. The molecule has 0 aliphatic carbocycles. The van der Waals surface area contributed by atoms with Crippen molar-refractivity contribution in [3.63, 3.8) is 0 Å². The normalized spacial score (nSPS) is 12.4. The fourth-order valence-electron chi connectivity index (χ4n) is 1.21. The molecule has 0 aromatic carbocycles. The second-order valence-corrected chi connectivity index (χ2v) is 4.21. The van der Waals surface area contributed by atoms with Crippen LogP contribution in [0.4, 0.5) is 0 Å². The summed E-state index contributed by atoms with van der Waals surface area (Å²) in [6, 6.07) is -0.469. The van der Waals surface area contributed by atoms with Crippen LogP contribution in [0.3, 0.4) is 0 Å². The molecule has 94 valence electrons. The molecule has 0 spiro atoms. The minimum atomic E-state index is -0.469. The molecule has 5 nitrogen and oxygen atoms in total. The zero-order valence-electron chi connectivity index (χ0n) is 10.5. The van der Waals surface area contributed by atoms with Crippen molar-refractivity contribution in [2.45, 2.75) is 32.7 Å². The molecule has 16 heavy (non-hydrogen) atoms. The van der Waals surface area contributed by atoms with Gasteiger partial charge in [-0.15, -0.1) is 0 Å². The number of hydrogen-bond donors (Lipinski definition) is 1. The van der Waals surface area contributed by atoms with Crippen LogP contribution in [0.25, 0.3) is 0 Å². The maximum Gasteiger partial charge on any atom is 0.305 e. The van der Waals surface area contributed by atoms with Crippen molar-refractivity contribution in [1.29, 1.82) is 0 Å². The molecule has 1 atom stereocenters. The van der Waals surface area contributed by atoms with Gasteiger partial charge in [-0.25, -0.2) is 0 Å². The molecule has 1 amide bonds. The molecule has 5 heteroatoms. The molecule has 0 rings (SSSR count). The maximum atomic E-state index is 11.7. The lowest BCUT2D eigenvalue weighted by atomic mass is 10.0. The predicted molar refractivity (Wildman–Crippen MR) is 61.7 cm³/mol. The number of rotatable bonds is 6. The number of ether oxygens (including phenoxy) is 1. The first-order valence-electron chi connectivity index (χ1n) is 5.47. The van der Waals surface area contributed by atoms with E-state index in [0.717, 1.165) is 0 Å². The molecule has 0 unspecified atom stereocenters. The van der Waals surface area contributed by atoms with Crippen LogP contribution >= 0.6 is 0 Å². The summed E-state index contributed by atoms with van der Waals surface area (Å²) in [4.78, 5) is 24.1.